The van der Waals surface area contributed by atoms with Crippen molar-refractivity contribution in [3.63, 3.8) is 0 Å². The van der Waals surface area contributed by atoms with E-state index in [0.717, 1.165) is 5.69 Å². The van der Waals surface area contributed by atoms with Crippen LogP contribution in [0.3, 0.4) is 0 Å². The highest BCUT2D eigenvalue weighted by molar-refractivity contribution is 7.26. The third-order valence-corrected chi connectivity index (χ3v) is 14.6. The minimum absolute atomic E-state index is 0.00954. The fourth-order valence-corrected chi connectivity index (χ4v) is 11.5. The quantitative estimate of drug-likeness (QED) is 0.172. The molecule has 1 nitrogen and oxygen atoms in total. The van der Waals surface area contributed by atoms with Crippen LogP contribution >= 0.6 is 11.3 Å². The van der Waals surface area contributed by atoms with E-state index < -0.39 is 0 Å². The van der Waals surface area contributed by atoms with Gasteiger partial charge in [0.2, 0.25) is 0 Å². The summed E-state index contributed by atoms with van der Waals surface area (Å²) in [6.07, 6.45) is 0. The van der Waals surface area contributed by atoms with Crippen LogP contribution in [0.5, 0.6) is 0 Å². The summed E-state index contributed by atoms with van der Waals surface area (Å²) in [4.78, 5) is 2.55. The molecule has 0 N–H and O–H groups in total. The molecule has 0 amide bonds. The highest BCUT2D eigenvalue weighted by atomic mass is 32.1. The molecule has 288 valence electrons. The van der Waals surface area contributed by atoms with Gasteiger partial charge < -0.3 is 4.90 Å². The largest absolute Gasteiger partial charge is 0.310 e. The Labute approximate surface area is 349 Å². The van der Waals surface area contributed by atoms with Gasteiger partial charge in [0.15, 0.2) is 0 Å². The lowest BCUT2D eigenvalue weighted by atomic mass is 9.79. The average Bonchev–Trinajstić information content (AvgIpc) is 3.77. The third kappa shape index (κ3) is 5.41. The lowest BCUT2D eigenvalue weighted by Gasteiger charge is -2.30. The first-order valence-electron chi connectivity index (χ1n) is 20.9. The summed E-state index contributed by atoms with van der Waals surface area (Å²) in [5.41, 5.74) is 19.6. The van der Waals surface area contributed by atoms with Crippen LogP contribution in [0.1, 0.15) is 103 Å². The maximum Gasteiger partial charge on any atom is 0.0543 e. The summed E-state index contributed by atoms with van der Waals surface area (Å²) in [5.74, 6) is 0. The summed E-state index contributed by atoms with van der Waals surface area (Å²) in [5, 5.41) is 2.79. The summed E-state index contributed by atoms with van der Waals surface area (Å²) >= 11 is 1.98. The van der Waals surface area contributed by atoms with Gasteiger partial charge in [0.25, 0.3) is 0 Å². The number of rotatable bonds is 4. The zero-order valence-corrected chi connectivity index (χ0v) is 36.5. The SMILES string of the molecule is CC(C)(C)c1cc(C(C)(C)C)c2sc3ccc4c(c3c2c1)-c1c(N(c2ccc(-c3ccccc3)cc2)c2ccc3c(c2)C(C)(C)c2ccccc2-3)cccc1C4(C)C. The Hall–Kier alpha value is -5.44. The van der Waals surface area contributed by atoms with Crippen LogP contribution in [-0.2, 0) is 21.7 Å². The van der Waals surface area contributed by atoms with Gasteiger partial charge in [0.1, 0.15) is 0 Å². The van der Waals surface area contributed by atoms with Crippen LogP contribution < -0.4 is 4.90 Å². The van der Waals surface area contributed by atoms with E-state index in [2.05, 4.69) is 214 Å². The van der Waals surface area contributed by atoms with Gasteiger partial charge in [-0.15, -0.1) is 11.3 Å². The minimum Gasteiger partial charge on any atom is -0.310 e. The number of nitrogens with zero attached hydrogens (tertiary/aromatic N) is 1. The molecule has 0 aliphatic heterocycles. The molecule has 2 aliphatic rings. The van der Waals surface area contributed by atoms with E-state index >= 15 is 0 Å². The monoisotopic (exact) mass is 771 g/mol. The van der Waals surface area contributed by atoms with Crippen molar-refractivity contribution < 1.29 is 0 Å². The van der Waals surface area contributed by atoms with Crippen molar-refractivity contribution in [2.75, 3.05) is 4.90 Å². The molecule has 1 heterocycles. The second-order valence-electron chi connectivity index (χ2n) is 19.8. The smallest absolute Gasteiger partial charge is 0.0543 e. The molecule has 10 rings (SSSR count). The number of fused-ring (bicyclic) bond motifs is 10. The van der Waals surface area contributed by atoms with Gasteiger partial charge in [-0.1, -0.05) is 166 Å². The van der Waals surface area contributed by atoms with Crippen molar-refractivity contribution in [2.24, 2.45) is 0 Å². The van der Waals surface area contributed by atoms with Gasteiger partial charge >= 0.3 is 0 Å². The predicted octanol–water partition coefficient (Wildman–Crippen LogP) is 16.4. The van der Waals surface area contributed by atoms with E-state index in [0.29, 0.717) is 0 Å². The van der Waals surface area contributed by atoms with Crippen LogP contribution in [0, 0.1) is 0 Å². The fourth-order valence-electron chi connectivity index (χ4n) is 10.1. The molecule has 0 saturated carbocycles. The van der Waals surface area contributed by atoms with Crippen molar-refractivity contribution in [2.45, 2.75) is 90.9 Å². The molecule has 0 saturated heterocycles. The molecule has 0 spiro atoms. The first-order chi connectivity index (χ1) is 27.5. The predicted molar refractivity (Wildman–Crippen MR) is 252 cm³/mol. The van der Waals surface area contributed by atoms with Gasteiger partial charge in [0.05, 0.1) is 5.69 Å². The van der Waals surface area contributed by atoms with Crippen LogP contribution in [0.4, 0.5) is 17.1 Å². The van der Waals surface area contributed by atoms with E-state index in [-0.39, 0.29) is 21.7 Å². The van der Waals surface area contributed by atoms with Crippen LogP contribution in [0.15, 0.2) is 140 Å². The molecule has 0 atom stereocenters. The topological polar surface area (TPSA) is 3.24 Å². The standard InChI is InChI=1S/C56H53NS/c1-53(2,3)36-31-41-49-48(58-52(41)46(32-36)54(4,5)6)30-29-44-51(49)50-43(56(44,9)10)21-16-22-47(50)57(37-25-23-35(24-26-37)34-17-12-11-13-18-34)38-27-28-40-39-19-14-15-20-42(39)55(7,8)45(40)33-38/h11-33H,1-10H3. The highest BCUT2D eigenvalue weighted by Gasteiger charge is 2.41. The number of anilines is 3. The van der Waals surface area contributed by atoms with Crippen molar-refractivity contribution in [3.8, 4) is 33.4 Å². The molecule has 0 fully saturated rings. The van der Waals surface area contributed by atoms with Crippen molar-refractivity contribution in [1.29, 1.82) is 0 Å². The van der Waals surface area contributed by atoms with E-state index in [1.165, 1.54) is 98.3 Å². The molecule has 7 aromatic carbocycles. The maximum absolute atomic E-state index is 2.55. The number of hydrogen-bond acceptors (Lipinski definition) is 2. The Balaban J connectivity index is 1.27. The van der Waals surface area contributed by atoms with Crippen molar-refractivity contribution in [1.82, 2.24) is 0 Å². The van der Waals surface area contributed by atoms with Gasteiger partial charge in [0, 0.05) is 47.9 Å². The Morgan fingerprint density at radius 3 is 1.83 bits per heavy atom. The normalized spacial score (nSPS) is 15.0. The lowest BCUT2D eigenvalue weighted by Crippen LogP contribution is -2.17. The molecular weight excluding hydrogens is 719 g/mol. The van der Waals surface area contributed by atoms with Gasteiger partial charge in [-0.2, -0.15) is 0 Å². The first kappa shape index (κ1) is 36.9. The van der Waals surface area contributed by atoms with Gasteiger partial charge in [-0.25, -0.2) is 0 Å². The lowest BCUT2D eigenvalue weighted by molar-refractivity contribution is 0.573. The Bertz CT molecular complexity index is 2940. The molecule has 2 aliphatic carbocycles. The van der Waals surface area contributed by atoms with E-state index in [9.17, 15) is 0 Å². The Morgan fingerprint density at radius 1 is 0.483 bits per heavy atom. The molecule has 2 heteroatoms. The summed E-state index contributed by atoms with van der Waals surface area (Å²) in [6, 6.07) is 53.0. The average molecular weight is 772 g/mol. The number of hydrogen-bond donors (Lipinski definition) is 0. The van der Waals surface area contributed by atoms with Gasteiger partial charge in [-0.05, 0) is 114 Å². The second-order valence-corrected chi connectivity index (χ2v) is 20.9. The molecule has 0 bridgehead atoms. The molecule has 1 aromatic heterocycles. The molecule has 8 aromatic rings. The van der Waals surface area contributed by atoms with Gasteiger partial charge in [-0.3, -0.25) is 0 Å². The van der Waals surface area contributed by atoms with E-state index in [1.54, 1.807) is 0 Å². The first-order valence-corrected chi connectivity index (χ1v) is 21.8. The minimum atomic E-state index is -0.179. The molecular formula is C56H53NS. The Kier molecular flexibility index (Phi) is 7.97. The maximum atomic E-state index is 2.55. The van der Waals surface area contributed by atoms with E-state index in [4.69, 9.17) is 0 Å². The molecule has 0 unspecified atom stereocenters. The third-order valence-electron chi connectivity index (χ3n) is 13.3. The van der Waals surface area contributed by atoms with Crippen LogP contribution in [0.2, 0.25) is 0 Å². The fraction of sp³-hybridized carbons (Fsp3) is 0.250. The second kappa shape index (κ2) is 12.5. The molecule has 58 heavy (non-hydrogen) atoms. The van der Waals surface area contributed by atoms with Crippen molar-refractivity contribution >= 4 is 48.6 Å². The zero-order valence-electron chi connectivity index (χ0n) is 35.6. The van der Waals surface area contributed by atoms with E-state index in [1.807, 2.05) is 11.3 Å². The van der Waals surface area contributed by atoms with Crippen LogP contribution in [-0.4, -0.2) is 0 Å². The van der Waals surface area contributed by atoms with Crippen molar-refractivity contribution in [3.05, 3.63) is 173 Å². The van der Waals surface area contributed by atoms with Crippen LogP contribution in [0.25, 0.3) is 53.6 Å². The summed E-state index contributed by atoms with van der Waals surface area (Å²) in [6.45, 7) is 23.8. The highest BCUT2D eigenvalue weighted by Crippen LogP contribution is 2.59. The summed E-state index contributed by atoms with van der Waals surface area (Å²) < 4.78 is 2.78. The Morgan fingerprint density at radius 2 is 1.10 bits per heavy atom. The zero-order chi connectivity index (χ0) is 40.5. The number of thiophene rings is 1. The number of benzene rings is 7. The summed E-state index contributed by atoms with van der Waals surface area (Å²) in [7, 11) is 0. The molecule has 0 radical (unpaired) electrons.